The van der Waals surface area contributed by atoms with Gasteiger partial charge in [-0.2, -0.15) is 0 Å². The van der Waals surface area contributed by atoms with Crippen molar-refractivity contribution >= 4 is 17.7 Å². The van der Waals surface area contributed by atoms with Crippen molar-refractivity contribution in [2.45, 2.75) is 80.5 Å². The minimum atomic E-state index is -0.462. The van der Waals surface area contributed by atoms with Crippen LogP contribution in [0.4, 0.5) is 0 Å². The first-order valence-electron chi connectivity index (χ1n) is 10.5. The first-order chi connectivity index (χ1) is 13.0. The second-order valence-electron chi connectivity index (χ2n) is 9.33. The Hall–Kier alpha value is -1.14. The fourth-order valence-electron chi connectivity index (χ4n) is 6.61. The number of carbonyl (C=O) groups excluding carboxylic acids is 1. The van der Waals surface area contributed by atoms with Crippen molar-refractivity contribution in [2.24, 2.45) is 17.8 Å². The lowest BCUT2D eigenvalue weighted by molar-refractivity contribution is -0.136. The van der Waals surface area contributed by atoms with E-state index in [9.17, 15) is 9.90 Å². The number of aromatic nitrogens is 2. The number of carbonyl (C=O) groups is 1. The monoisotopic (exact) mass is 387 g/mol. The van der Waals surface area contributed by atoms with E-state index in [0.29, 0.717) is 29.2 Å². The molecule has 6 heteroatoms. The van der Waals surface area contributed by atoms with E-state index < -0.39 is 5.60 Å². The third kappa shape index (κ3) is 3.19. The van der Waals surface area contributed by atoms with Crippen LogP contribution in [-0.2, 0) is 0 Å². The van der Waals surface area contributed by atoms with Crippen molar-refractivity contribution in [3.05, 3.63) is 17.5 Å². The maximum absolute atomic E-state index is 13.2. The summed E-state index contributed by atoms with van der Waals surface area (Å²) in [6.45, 7) is 0. The van der Waals surface area contributed by atoms with Crippen LogP contribution in [-0.4, -0.2) is 38.9 Å². The normalized spacial score (nSPS) is 37.7. The Kier molecular flexibility index (Phi) is 4.47. The molecule has 0 aliphatic heterocycles. The van der Waals surface area contributed by atoms with Gasteiger partial charge in [0.25, 0.3) is 5.91 Å². The molecule has 1 heterocycles. The molecule has 0 aromatic carbocycles. The Labute approximate surface area is 165 Å². The third-order valence-electron chi connectivity index (χ3n) is 7.50. The van der Waals surface area contributed by atoms with Gasteiger partial charge in [0.15, 0.2) is 5.16 Å². The number of aliphatic hydroxyl groups is 1. The van der Waals surface area contributed by atoms with Gasteiger partial charge < -0.3 is 10.4 Å². The van der Waals surface area contributed by atoms with Gasteiger partial charge in [-0.1, -0.05) is 24.6 Å². The van der Waals surface area contributed by atoms with E-state index in [2.05, 4.69) is 10.3 Å². The summed E-state index contributed by atoms with van der Waals surface area (Å²) in [6.07, 6.45) is 13.4. The highest BCUT2D eigenvalue weighted by atomic mass is 32.2. The van der Waals surface area contributed by atoms with Gasteiger partial charge in [-0.05, 0) is 69.0 Å². The highest BCUT2D eigenvalue weighted by molar-refractivity contribution is 7.98. The fourth-order valence-corrected chi connectivity index (χ4v) is 6.96. The Morgan fingerprint density at radius 1 is 1.22 bits per heavy atom. The molecule has 1 amide bonds. The molecular formula is C21H29N3O2S. The summed E-state index contributed by atoms with van der Waals surface area (Å²) in [4.78, 5) is 22.4. The van der Waals surface area contributed by atoms with Gasteiger partial charge in [0.05, 0.1) is 16.9 Å². The molecule has 3 unspecified atom stereocenters. The maximum Gasteiger partial charge on any atom is 0.254 e. The van der Waals surface area contributed by atoms with Gasteiger partial charge in [0, 0.05) is 18.2 Å². The van der Waals surface area contributed by atoms with E-state index >= 15 is 0 Å². The molecule has 27 heavy (non-hydrogen) atoms. The lowest BCUT2D eigenvalue weighted by Crippen LogP contribution is -2.61. The molecule has 5 fully saturated rings. The zero-order chi connectivity index (χ0) is 18.6. The highest BCUT2D eigenvalue weighted by Crippen LogP contribution is 2.55. The lowest BCUT2D eigenvalue weighted by Gasteiger charge is -2.58. The largest absolute Gasteiger partial charge is 0.390 e. The number of amides is 1. The predicted octanol–water partition coefficient (Wildman–Crippen LogP) is 3.53. The summed E-state index contributed by atoms with van der Waals surface area (Å²) in [5.41, 5.74) is 1.16. The molecule has 2 N–H and O–H groups in total. The molecule has 6 rings (SSSR count). The van der Waals surface area contributed by atoms with Crippen LogP contribution in [0, 0.1) is 17.8 Å². The molecule has 146 valence electrons. The van der Waals surface area contributed by atoms with Crippen LogP contribution in [0.1, 0.15) is 79.8 Å². The van der Waals surface area contributed by atoms with Crippen molar-refractivity contribution in [3.63, 3.8) is 0 Å². The molecule has 1 aromatic heterocycles. The third-order valence-corrected chi connectivity index (χ3v) is 8.07. The van der Waals surface area contributed by atoms with Crippen molar-refractivity contribution < 1.29 is 9.90 Å². The molecule has 0 spiro atoms. The lowest BCUT2D eigenvalue weighted by atomic mass is 9.52. The molecule has 5 nitrogen and oxygen atoms in total. The molecule has 0 saturated heterocycles. The van der Waals surface area contributed by atoms with Gasteiger partial charge in [0.1, 0.15) is 0 Å². The Bertz CT molecular complexity index is 733. The van der Waals surface area contributed by atoms with E-state index in [1.54, 1.807) is 6.20 Å². The zero-order valence-corrected chi connectivity index (χ0v) is 16.8. The minimum absolute atomic E-state index is 0.00554. The smallest absolute Gasteiger partial charge is 0.254 e. The van der Waals surface area contributed by atoms with Crippen LogP contribution in [0.3, 0.4) is 0 Å². The number of rotatable bonds is 4. The van der Waals surface area contributed by atoms with E-state index in [-0.39, 0.29) is 11.9 Å². The number of nitrogens with one attached hydrogen (secondary N) is 1. The number of hydrogen-bond donors (Lipinski definition) is 2. The average molecular weight is 388 g/mol. The molecule has 5 aliphatic rings. The topological polar surface area (TPSA) is 75.1 Å². The second-order valence-corrected chi connectivity index (χ2v) is 10.1. The molecule has 4 bridgehead atoms. The van der Waals surface area contributed by atoms with Crippen LogP contribution in [0.5, 0.6) is 0 Å². The van der Waals surface area contributed by atoms with Gasteiger partial charge in [0.2, 0.25) is 0 Å². The fraction of sp³-hybridized carbons (Fsp3) is 0.762. The van der Waals surface area contributed by atoms with E-state index in [1.165, 1.54) is 24.6 Å². The van der Waals surface area contributed by atoms with Crippen LogP contribution in [0.25, 0.3) is 0 Å². The summed E-state index contributed by atoms with van der Waals surface area (Å²) in [6, 6.07) is 0.200. The number of thioether (sulfide) groups is 1. The summed E-state index contributed by atoms with van der Waals surface area (Å²) in [5.74, 6) is 1.88. The van der Waals surface area contributed by atoms with Crippen LogP contribution >= 0.6 is 11.8 Å². The molecular weight excluding hydrogens is 358 g/mol. The zero-order valence-electron chi connectivity index (χ0n) is 16.0. The Morgan fingerprint density at radius 3 is 2.56 bits per heavy atom. The van der Waals surface area contributed by atoms with Crippen molar-refractivity contribution in [2.75, 3.05) is 6.26 Å². The van der Waals surface area contributed by atoms with Crippen molar-refractivity contribution in [3.8, 4) is 0 Å². The first-order valence-corrected chi connectivity index (χ1v) is 11.7. The highest BCUT2D eigenvalue weighted by Gasteiger charge is 2.55. The van der Waals surface area contributed by atoms with E-state index in [4.69, 9.17) is 4.98 Å². The second kappa shape index (κ2) is 6.73. The van der Waals surface area contributed by atoms with Crippen LogP contribution in [0.15, 0.2) is 11.4 Å². The minimum Gasteiger partial charge on any atom is -0.390 e. The predicted molar refractivity (Wildman–Crippen MR) is 105 cm³/mol. The molecule has 5 aliphatic carbocycles. The average Bonchev–Trinajstić information content (AvgIpc) is 3.17. The van der Waals surface area contributed by atoms with Gasteiger partial charge >= 0.3 is 0 Å². The summed E-state index contributed by atoms with van der Waals surface area (Å²) in [7, 11) is 0. The Morgan fingerprint density at radius 2 is 1.93 bits per heavy atom. The Balaban J connectivity index is 1.38. The number of hydrogen-bond acceptors (Lipinski definition) is 5. The molecule has 1 aromatic rings. The molecule has 0 radical (unpaired) electrons. The van der Waals surface area contributed by atoms with Crippen molar-refractivity contribution in [1.29, 1.82) is 0 Å². The molecule has 5 atom stereocenters. The quantitative estimate of drug-likeness (QED) is 0.611. The summed E-state index contributed by atoms with van der Waals surface area (Å²) >= 11 is 1.53. The van der Waals surface area contributed by atoms with Gasteiger partial charge in [-0.15, -0.1) is 0 Å². The van der Waals surface area contributed by atoms with Crippen molar-refractivity contribution in [1.82, 2.24) is 15.3 Å². The van der Waals surface area contributed by atoms with Crippen LogP contribution < -0.4 is 5.32 Å². The summed E-state index contributed by atoms with van der Waals surface area (Å²) in [5, 5.41) is 14.9. The van der Waals surface area contributed by atoms with E-state index in [1.807, 2.05) is 6.26 Å². The number of nitrogens with zero attached hydrogens (tertiary/aromatic N) is 2. The van der Waals surface area contributed by atoms with Crippen LogP contribution in [0.2, 0.25) is 0 Å². The SMILES string of the molecule is CSc1ncc(C(=O)NC2[C@@H]3CC4C[C@H]2CC(O)(C4)C3)c(C2CCCC2)n1. The molecule has 5 saturated carbocycles. The standard InChI is InChI=1S/C21H29N3O2S/c1-27-20-22-11-16(18(24-20)13-4-2-3-5-13)19(25)23-17-14-6-12-7-15(17)10-21(26,8-12)9-14/h11-15,17,26H,2-10H2,1H3,(H,23,25)/t12?,14-,15+,17?,21?. The van der Waals surface area contributed by atoms with Gasteiger partial charge in [-0.3, -0.25) is 4.79 Å². The summed E-state index contributed by atoms with van der Waals surface area (Å²) < 4.78 is 0. The first kappa shape index (κ1) is 17.9. The van der Waals surface area contributed by atoms with E-state index in [0.717, 1.165) is 55.8 Å². The van der Waals surface area contributed by atoms with Gasteiger partial charge in [-0.25, -0.2) is 9.97 Å². The maximum atomic E-state index is 13.2.